The molecule has 0 bridgehead atoms. The Labute approximate surface area is 178 Å². The van der Waals surface area contributed by atoms with Crippen LogP contribution in [0.1, 0.15) is 24.9 Å². The van der Waals surface area contributed by atoms with Crippen molar-refractivity contribution in [2.75, 3.05) is 18.4 Å². The number of hydrogen-bond acceptors (Lipinski definition) is 2. The van der Waals surface area contributed by atoms with E-state index in [1.54, 1.807) is 0 Å². The van der Waals surface area contributed by atoms with Gasteiger partial charge in [0.05, 0.1) is 0 Å². The molecule has 0 aliphatic carbocycles. The van der Waals surface area contributed by atoms with Crippen LogP contribution in [0.3, 0.4) is 0 Å². The van der Waals surface area contributed by atoms with E-state index in [0.29, 0.717) is 13.0 Å². The number of benzene rings is 3. The van der Waals surface area contributed by atoms with Gasteiger partial charge in [0.25, 0.3) is 0 Å². The number of hydrogen-bond donors (Lipinski definition) is 3. The summed E-state index contributed by atoms with van der Waals surface area (Å²) in [7, 11) is 0. The second kappa shape index (κ2) is 11.5. The molecular weight excluding hydrogens is 370 g/mol. The number of para-hydroxylation sites is 1. The SMILES string of the molecule is C[C@@H](NCC=CC#CCCNC(=O)Nc1ccccc1)c1cccc2ccccc12. The van der Waals surface area contributed by atoms with Crippen LogP contribution < -0.4 is 16.0 Å². The molecule has 0 spiro atoms. The fraction of sp³-hybridized carbons (Fsp3) is 0.192. The first-order valence-corrected chi connectivity index (χ1v) is 10.2. The number of carbonyl (C=O) groups is 1. The highest BCUT2D eigenvalue weighted by Crippen LogP contribution is 2.23. The molecule has 3 aromatic rings. The smallest absolute Gasteiger partial charge is 0.319 e. The van der Waals surface area contributed by atoms with Gasteiger partial charge < -0.3 is 16.0 Å². The lowest BCUT2D eigenvalue weighted by Crippen LogP contribution is -2.29. The number of urea groups is 1. The summed E-state index contributed by atoms with van der Waals surface area (Å²) in [4.78, 5) is 11.8. The molecule has 0 aliphatic rings. The third-order valence-corrected chi connectivity index (χ3v) is 4.70. The van der Waals surface area contributed by atoms with Crippen LogP contribution >= 0.6 is 0 Å². The van der Waals surface area contributed by atoms with Crippen LogP contribution in [0.25, 0.3) is 10.8 Å². The predicted octanol–water partition coefficient (Wildman–Crippen LogP) is 5.26. The second-order valence-electron chi connectivity index (χ2n) is 6.92. The summed E-state index contributed by atoms with van der Waals surface area (Å²) >= 11 is 0. The summed E-state index contributed by atoms with van der Waals surface area (Å²) in [6.07, 6.45) is 4.48. The van der Waals surface area contributed by atoms with Crippen LogP contribution in [-0.2, 0) is 0 Å². The normalized spacial score (nSPS) is 11.6. The van der Waals surface area contributed by atoms with E-state index in [2.05, 4.69) is 77.2 Å². The summed E-state index contributed by atoms with van der Waals surface area (Å²) in [5.74, 6) is 6.05. The maximum atomic E-state index is 11.8. The van der Waals surface area contributed by atoms with Crippen LogP contribution in [0.2, 0.25) is 0 Å². The van der Waals surface area contributed by atoms with E-state index >= 15 is 0 Å². The average molecular weight is 398 g/mol. The highest BCUT2D eigenvalue weighted by molar-refractivity contribution is 5.89. The number of fused-ring (bicyclic) bond motifs is 1. The van der Waals surface area contributed by atoms with Gasteiger partial charge in [-0.25, -0.2) is 4.79 Å². The van der Waals surface area contributed by atoms with Gasteiger partial charge in [-0.3, -0.25) is 0 Å². The van der Waals surface area contributed by atoms with Gasteiger partial charge >= 0.3 is 6.03 Å². The first-order chi connectivity index (χ1) is 14.7. The van der Waals surface area contributed by atoms with E-state index < -0.39 is 0 Å². The van der Waals surface area contributed by atoms with Crippen molar-refractivity contribution < 1.29 is 4.79 Å². The molecule has 0 saturated heterocycles. The lowest BCUT2D eigenvalue weighted by molar-refractivity contribution is 0.252. The topological polar surface area (TPSA) is 53.2 Å². The second-order valence-corrected chi connectivity index (χ2v) is 6.92. The minimum atomic E-state index is -0.217. The number of rotatable bonds is 7. The Balaban J connectivity index is 1.34. The Hall–Kier alpha value is -3.55. The lowest BCUT2D eigenvalue weighted by Gasteiger charge is -2.15. The number of nitrogens with one attached hydrogen (secondary N) is 3. The van der Waals surface area contributed by atoms with Gasteiger partial charge in [0.15, 0.2) is 0 Å². The molecule has 2 amide bonds. The van der Waals surface area contributed by atoms with E-state index in [-0.39, 0.29) is 12.1 Å². The van der Waals surface area contributed by atoms with E-state index in [9.17, 15) is 4.79 Å². The molecule has 4 heteroatoms. The van der Waals surface area contributed by atoms with Crippen molar-refractivity contribution in [3.8, 4) is 11.8 Å². The standard InChI is InChI=1S/C26H27N3O/c1-21(24-18-12-14-22-13-8-9-17-25(22)24)27-19-10-3-2-4-11-20-28-26(30)29-23-15-6-5-7-16-23/h3,5-10,12-18,21,27H,11,19-20H2,1H3,(H2,28,29,30)/t21-/m1/s1. The third-order valence-electron chi connectivity index (χ3n) is 4.70. The molecule has 3 aromatic carbocycles. The zero-order chi connectivity index (χ0) is 21.0. The molecule has 0 heterocycles. The Bertz CT molecular complexity index is 1040. The summed E-state index contributed by atoms with van der Waals surface area (Å²) in [5, 5.41) is 11.6. The molecule has 0 aliphatic heterocycles. The molecule has 0 aromatic heterocycles. The molecule has 30 heavy (non-hydrogen) atoms. The van der Waals surface area contributed by atoms with Crippen LogP contribution in [0.5, 0.6) is 0 Å². The molecule has 0 radical (unpaired) electrons. The summed E-state index contributed by atoms with van der Waals surface area (Å²) in [6.45, 7) is 3.43. The number of carbonyl (C=O) groups excluding carboxylic acids is 1. The maximum Gasteiger partial charge on any atom is 0.319 e. The Morgan fingerprint density at radius 1 is 1.00 bits per heavy atom. The number of amides is 2. The molecule has 1 atom stereocenters. The lowest BCUT2D eigenvalue weighted by atomic mass is 10.00. The van der Waals surface area contributed by atoms with Gasteiger partial charge in [-0.1, -0.05) is 78.6 Å². The molecule has 3 rings (SSSR count). The van der Waals surface area contributed by atoms with Crippen LogP contribution in [0, 0.1) is 11.8 Å². The molecule has 0 unspecified atom stereocenters. The fourth-order valence-electron chi connectivity index (χ4n) is 3.17. The van der Waals surface area contributed by atoms with Gasteiger partial charge in [0, 0.05) is 31.2 Å². The van der Waals surface area contributed by atoms with Gasteiger partial charge in [0.1, 0.15) is 0 Å². The van der Waals surface area contributed by atoms with Gasteiger partial charge in [-0.15, -0.1) is 0 Å². The average Bonchev–Trinajstić information content (AvgIpc) is 2.78. The maximum absolute atomic E-state index is 11.8. The largest absolute Gasteiger partial charge is 0.337 e. The summed E-state index contributed by atoms with van der Waals surface area (Å²) < 4.78 is 0. The highest BCUT2D eigenvalue weighted by Gasteiger charge is 2.07. The first kappa shape index (κ1) is 21.2. The minimum Gasteiger partial charge on any atom is -0.337 e. The van der Waals surface area contributed by atoms with Crippen LogP contribution in [-0.4, -0.2) is 19.1 Å². The molecule has 0 fully saturated rings. The quantitative estimate of drug-likeness (QED) is 0.376. The monoisotopic (exact) mass is 397 g/mol. The van der Waals surface area contributed by atoms with E-state index in [4.69, 9.17) is 0 Å². The zero-order valence-corrected chi connectivity index (χ0v) is 17.2. The Morgan fingerprint density at radius 3 is 2.63 bits per heavy atom. The summed E-state index contributed by atoms with van der Waals surface area (Å²) in [6, 6.07) is 24.3. The fourth-order valence-corrected chi connectivity index (χ4v) is 3.17. The molecule has 152 valence electrons. The van der Waals surface area contributed by atoms with E-state index in [1.807, 2.05) is 42.5 Å². The van der Waals surface area contributed by atoms with Crippen molar-refractivity contribution in [1.82, 2.24) is 10.6 Å². The minimum absolute atomic E-state index is 0.217. The molecular formula is C26H27N3O. The predicted molar refractivity (Wildman–Crippen MR) is 125 cm³/mol. The van der Waals surface area contributed by atoms with Gasteiger partial charge in [-0.05, 0) is 41.5 Å². The molecule has 4 nitrogen and oxygen atoms in total. The molecule has 0 saturated carbocycles. The third kappa shape index (κ3) is 6.51. The molecule has 3 N–H and O–H groups in total. The van der Waals surface area contributed by atoms with Crippen LogP contribution in [0.4, 0.5) is 10.5 Å². The van der Waals surface area contributed by atoms with Gasteiger partial charge in [-0.2, -0.15) is 0 Å². The van der Waals surface area contributed by atoms with Crippen molar-refractivity contribution in [3.63, 3.8) is 0 Å². The Kier molecular flexibility index (Phi) is 8.08. The zero-order valence-electron chi connectivity index (χ0n) is 17.2. The van der Waals surface area contributed by atoms with Crippen molar-refractivity contribution in [2.24, 2.45) is 0 Å². The number of allylic oxidation sites excluding steroid dienone is 1. The first-order valence-electron chi connectivity index (χ1n) is 10.2. The van der Waals surface area contributed by atoms with Crippen LogP contribution in [0.15, 0.2) is 84.9 Å². The van der Waals surface area contributed by atoms with E-state index in [1.165, 1.54) is 16.3 Å². The van der Waals surface area contributed by atoms with Crippen molar-refractivity contribution >= 4 is 22.5 Å². The summed E-state index contributed by atoms with van der Waals surface area (Å²) in [5.41, 5.74) is 2.07. The van der Waals surface area contributed by atoms with Crippen molar-refractivity contribution in [3.05, 3.63) is 90.5 Å². The van der Waals surface area contributed by atoms with E-state index in [0.717, 1.165) is 12.2 Å². The highest BCUT2D eigenvalue weighted by atomic mass is 16.2. The number of anilines is 1. The van der Waals surface area contributed by atoms with Gasteiger partial charge in [0.2, 0.25) is 0 Å². The van der Waals surface area contributed by atoms with Crippen molar-refractivity contribution in [1.29, 1.82) is 0 Å². The van der Waals surface area contributed by atoms with Crippen molar-refractivity contribution in [2.45, 2.75) is 19.4 Å². The Morgan fingerprint density at radius 2 is 1.77 bits per heavy atom.